The molecule has 3 atom stereocenters. The fourth-order valence-electron chi connectivity index (χ4n) is 6.19. The van der Waals surface area contributed by atoms with Gasteiger partial charge in [0.1, 0.15) is 0 Å². The lowest BCUT2D eigenvalue weighted by Gasteiger charge is -2.15. The molecule has 0 saturated carbocycles. The lowest BCUT2D eigenvalue weighted by Crippen LogP contribution is -2.00. The molecule has 0 heteroatoms. The predicted molar refractivity (Wildman–Crippen MR) is 173 cm³/mol. The maximum atomic E-state index is 2.51. The minimum Gasteiger partial charge on any atom is -0.0654 e. The molecule has 0 bridgehead atoms. The van der Waals surface area contributed by atoms with Gasteiger partial charge in [-0.3, -0.25) is 0 Å². The first-order valence-electron chi connectivity index (χ1n) is 18.1. The summed E-state index contributed by atoms with van der Waals surface area (Å²) in [6.07, 6.45) is 42.5. The van der Waals surface area contributed by atoms with Gasteiger partial charge in [-0.05, 0) is 17.8 Å². The molecule has 0 aliphatic heterocycles. The third-order valence-corrected chi connectivity index (χ3v) is 9.14. The van der Waals surface area contributed by atoms with Crippen molar-refractivity contribution >= 4 is 0 Å². The zero-order valence-corrected chi connectivity index (χ0v) is 27.2. The SMILES string of the molecule is CCCCCCCCCCCCCCCCCCC(C)CCCC(C)CCCCCC(C)CCCCC. The van der Waals surface area contributed by atoms with Crippen molar-refractivity contribution < 1.29 is 0 Å². The van der Waals surface area contributed by atoms with Crippen molar-refractivity contribution in [1.29, 1.82) is 0 Å². The summed E-state index contributed by atoms with van der Waals surface area (Å²) < 4.78 is 0. The lowest BCUT2D eigenvalue weighted by atomic mass is 9.91. The van der Waals surface area contributed by atoms with Crippen LogP contribution < -0.4 is 0 Å². The average Bonchev–Trinajstić information content (AvgIpc) is 2.88. The maximum absolute atomic E-state index is 2.51. The molecule has 0 aliphatic rings. The van der Waals surface area contributed by atoms with Crippen molar-refractivity contribution in [3.8, 4) is 0 Å². The fourth-order valence-corrected chi connectivity index (χ4v) is 6.19. The molecule has 0 rings (SSSR count). The van der Waals surface area contributed by atoms with E-state index in [0.29, 0.717) is 0 Å². The van der Waals surface area contributed by atoms with Gasteiger partial charge in [-0.1, -0.05) is 221 Å². The third-order valence-electron chi connectivity index (χ3n) is 9.14. The first-order chi connectivity index (χ1) is 18.1. The smallest absolute Gasteiger partial charge is 0.0443 e. The number of hydrogen-bond acceptors (Lipinski definition) is 0. The van der Waals surface area contributed by atoms with Gasteiger partial charge in [0.2, 0.25) is 0 Å². The minimum atomic E-state index is 0.949. The fraction of sp³-hybridized carbons (Fsp3) is 1.00. The van der Waals surface area contributed by atoms with Crippen LogP contribution in [0.4, 0.5) is 0 Å². The highest BCUT2D eigenvalue weighted by Gasteiger charge is 2.07. The largest absolute Gasteiger partial charge is 0.0654 e. The van der Waals surface area contributed by atoms with Crippen LogP contribution in [0.2, 0.25) is 0 Å². The summed E-state index contributed by atoms with van der Waals surface area (Å²) in [7, 11) is 0. The van der Waals surface area contributed by atoms with Gasteiger partial charge in [-0.2, -0.15) is 0 Å². The van der Waals surface area contributed by atoms with E-state index in [0.717, 1.165) is 17.8 Å². The van der Waals surface area contributed by atoms with Gasteiger partial charge in [-0.25, -0.2) is 0 Å². The molecule has 224 valence electrons. The normalized spacial score (nSPS) is 14.2. The third kappa shape index (κ3) is 30.4. The van der Waals surface area contributed by atoms with Gasteiger partial charge < -0.3 is 0 Å². The Morgan fingerprint density at radius 2 is 0.432 bits per heavy atom. The van der Waals surface area contributed by atoms with Gasteiger partial charge in [0.15, 0.2) is 0 Å². The van der Waals surface area contributed by atoms with E-state index in [4.69, 9.17) is 0 Å². The van der Waals surface area contributed by atoms with E-state index < -0.39 is 0 Å². The molecule has 0 aromatic heterocycles. The zero-order chi connectivity index (χ0) is 27.2. The van der Waals surface area contributed by atoms with Crippen LogP contribution in [-0.2, 0) is 0 Å². The molecular weight excluding hydrogens is 444 g/mol. The second-order valence-corrected chi connectivity index (χ2v) is 13.5. The summed E-state index contributed by atoms with van der Waals surface area (Å²) >= 11 is 0. The molecule has 0 heterocycles. The van der Waals surface area contributed by atoms with E-state index in [9.17, 15) is 0 Å². The van der Waals surface area contributed by atoms with E-state index >= 15 is 0 Å². The minimum absolute atomic E-state index is 0.949. The molecule has 3 unspecified atom stereocenters. The molecule has 0 aliphatic carbocycles. The van der Waals surface area contributed by atoms with Gasteiger partial charge in [0, 0.05) is 0 Å². The molecule has 0 radical (unpaired) electrons. The molecule has 0 aromatic rings. The lowest BCUT2D eigenvalue weighted by molar-refractivity contribution is 0.385. The van der Waals surface area contributed by atoms with Gasteiger partial charge >= 0.3 is 0 Å². The molecule has 0 aromatic carbocycles. The van der Waals surface area contributed by atoms with Crippen molar-refractivity contribution in [2.75, 3.05) is 0 Å². The Kier molecular flexibility index (Phi) is 30.5. The summed E-state index contributed by atoms with van der Waals surface area (Å²) in [5.41, 5.74) is 0. The molecule has 0 fully saturated rings. The van der Waals surface area contributed by atoms with Gasteiger partial charge in [0.05, 0.1) is 0 Å². The van der Waals surface area contributed by atoms with Crippen LogP contribution in [0, 0.1) is 17.8 Å². The molecule has 0 amide bonds. The van der Waals surface area contributed by atoms with E-state index in [-0.39, 0.29) is 0 Å². The monoisotopic (exact) mass is 521 g/mol. The summed E-state index contributed by atoms with van der Waals surface area (Å²) in [6.45, 7) is 12.1. The topological polar surface area (TPSA) is 0 Å². The van der Waals surface area contributed by atoms with E-state index in [1.54, 1.807) is 0 Å². The van der Waals surface area contributed by atoms with Crippen molar-refractivity contribution in [3.05, 3.63) is 0 Å². The van der Waals surface area contributed by atoms with Crippen LogP contribution in [0.25, 0.3) is 0 Å². The van der Waals surface area contributed by atoms with Crippen LogP contribution in [0.15, 0.2) is 0 Å². The Morgan fingerprint density at radius 1 is 0.243 bits per heavy atom. The quantitative estimate of drug-likeness (QED) is 0.0797. The molecule has 0 N–H and O–H groups in total. The average molecular weight is 521 g/mol. The van der Waals surface area contributed by atoms with E-state index in [1.807, 2.05) is 0 Å². The van der Waals surface area contributed by atoms with Gasteiger partial charge in [-0.15, -0.1) is 0 Å². The maximum Gasteiger partial charge on any atom is -0.0443 e. The molecule has 0 nitrogen and oxygen atoms in total. The van der Waals surface area contributed by atoms with Crippen molar-refractivity contribution in [2.45, 2.75) is 221 Å². The summed E-state index contributed by atoms with van der Waals surface area (Å²) in [6, 6.07) is 0. The predicted octanol–water partition coefficient (Wildman–Crippen LogP) is 14.2. The summed E-state index contributed by atoms with van der Waals surface area (Å²) in [4.78, 5) is 0. The second kappa shape index (κ2) is 30.5. The van der Waals surface area contributed by atoms with Crippen LogP contribution in [0.1, 0.15) is 221 Å². The Labute approximate surface area is 238 Å². The molecule has 0 spiro atoms. The molecular formula is C37H76. The van der Waals surface area contributed by atoms with Crippen molar-refractivity contribution in [2.24, 2.45) is 17.8 Å². The van der Waals surface area contributed by atoms with Crippen molar-refractivity contribution in [1.82, 2.24) is 0 Å². The van der Waals surface area contributed by atoms with Crippen LogP contribution in [0.5, 0.6) is 0 Å². The van der Waals surface area contributed by atoms with E-state index in [2.05, 4.69) is 34.6 Å². The van der Waals surface area contributed by atoms with E-state index in [1.165, 1.54) is 186 Å². The zero-order valence-electron chi connectivity index (χ0n) is 27.2. The Balaban J connectivity index is 3.31. The standard InChI is InChI=1S/C37H76/c1-6-8-10-11-12-13-14-15-16-17-18-19-20-21-22-25-30-36(4)33-28-34-37(5)32-27-23-26-31-35(3)29-24-9-7-2/h35-37H,6-34H2,1-5H3. The highest BCUT2D eigenvalue weighted by atomic mass is 14.1. The first kappa shape index (κ1) is 37.0. The van der Waals surface area contributed by atoms with Crippen LogP contribution >= 0.6 is 0 Å². The Morgan fingerprint density at radius 3 is 0.757 bits per heavy atom. The Bertz CT molecular complexity index is 399. The number of unbranched alkanes of at least 4 members (excludes halogenated alkanes) is 19. The summed E-state index contributed by atoms with van der Waals surface area (Å²) in [5.74, 6) is 2.86. The van der Waals surface area contributed by atoms with Crippen LogP contribution in [0.3, 0.4) is 0 Å². The molecule has 0 saturated heterocycles. The highest BCUT2D eigenvalue weighted by Crippen LogP contribution is 2.23. The summed E-state index contributed by atoms with van der Waals surface area (Å²) in [5, 5.41) is 0. The van der Waals surface area contributed by atoms with Gasteiger partial charge in [0.25, 0.3) is 0 Å². The van der Waals surface area contributed by atoms with Crippen molar-refractivity contribution in [3.63, 3.8) is 0 Å². The first-order valence-corrected chi connectivity index (χ1v) is 18.1. The second-order valence-electron chi connectivity index (χ2n) is 13.5. The highest BCUT2D eigenvalue weighted by molar-refractivity contribution is 4.60. The number of rotatable bonds is 31. The number of hydrogen-bond donors (Lipinski definition) is 0. The molecule has 37 heavy (non-hydrogen) atoms. The van der Waals surface area contributed by atoms with Crippen LogP contribution in [-0.4, -0.2) is 0 Å². The Hall–Kier alpha value is 0.